The molecule has 8 heteroatoms. The van der Waals surface area contributed by atoms with Crippen LogP contribution in [0.25, 0.3) is 10.9 Å². The Balaban J connectivity index is 1.43. The van der Waals surface area contributed by atoms with E-state index in [2.05, 4.69) is 4.98 Å². The normalized spacial score (nSPS) is 18.6. The van der Waals surface area contributed by atoms with Crippen LogP contribution in [-0.2, 0) is 11.3 Å². The quantitative estimate of drug-likeness (QED) is 0.789. The fourth-order valence-corrected chi connectivity index (χ4v) is 4.04. The number of amides is 2. The molecule has 1 aromatic carbocycles. The van der Waals surface area contributed by atoms with Gasteiger partial charge >= 0.3 is 6.03 Å². The number of ether oxygens (including phenoxy) is 1. The molecular weight excluding hydrogens is 363 g/mol. The van der Waals surface area contributed by atoms with Gasteiger partial charge in [-0.05, 0) is 37.8 Å². The Bertz CT molecular complexity index is 931. The maximum Gasteiger partial charge on any atom is 0.320 e. The SMILES string of the molecule is Cc1nc2cc(F)ccc2c(=O)n1CC1CCN(C(=O)N2CCOCC2)CC1. The summed E-state index contributed by atoms with van der Waals surface area (Å²) in [6, 6.07) is 4.17. The maximum atomic E-state index is 13.4. The van der Waals surface area contributed by atoms with Crippen molar-refractivity contribution >= 4 is 16.9 Å². The van der Waals surface area contributed by atoms with Gasteiger partial charge in [-0.2, -0.15) is 0 Å². The predicted molar refractivity (Wildman–Crippen MR) is 103 cm³/mol. The third-order valence-corrected chi connectivity index (χ3v) is 5.72. The first kappa shape index (κ1) is 18.9. The minimum Gasteiger partial charge on any atom is -0.378 e. The summed E-state index contributed by atoms with van der Waals surface area (Å²) < 4.78 is 20.4. The summed E-state index contributed by atoms with van der Waals surface area (Å²) in [6.07, 6.45) is 1.70. The molecule has 2 saturated heterocycles. The maximum absolute atomic E-state index is 13.4. The van der Waals surface area contributed by atoms with E-state index >= 15 is 0 Å². The summed E-state index contributed by atoms with van der Waals surface area (Å²) in [6.45, 7) is 6.25. The van der Waals surface area contributed by atoms with Gasteiger partial charge in [0.25, 0.3) is 5.56 Å². The van der Waals surface area contributed by atoms with Crippen LogP contribution in [0.15, 0.2) is 23.0 Å². The summed E-state index contributed by atoms with van der Waals surface area (Å²) >= 11 is 0. The van der Waals surface area contributed by atoms with Gasteiger partial charge in [0, 0.05) is 38.8 Å². The lowest BCUT2D eigenvalue weighted by atomic mass is 9.96. The third-order valence-electron chi connectivity index (χ3n) is 5.72. The number of rotatable bonds is 2. The number of piperidine rings is 1. The second kappa shape index (κ2) is 7.87. The molecule has 28 heavy (non-hydrogen) atoms. The molecule has 2 aromatic rings. The Morgan fingerprint density at radius 2 is 1.86 bits per heavy atom. The lowest BCUT2D eigenvalue weighted by molar-refractivity contribution is 0.0397. The molecule has 0 radical (unpaired) electrons. The Morgan fingerprint density at radius 3 is 2.57 bits per heavy atom. The van der Waals surface area contributed by atoms with Crippen molar-refractivity contribution in [2.75, 3.05) is 39.4 Å². The summed E-state index contributed by atoms with van der Waals surface area (Å²) in [4.78, 5) is 33.6. The van der Waals surface area contributed by atoms with E-state index in [4.69, 9.17) is 4.74 Å². The van der Waals surface area contributed by atoms with Crippen molar-refractivity contribution < 1.29 is 13.9 Å². The highest BCUT2D eigenvalue weighted by molar-refractivity contribution is 5.77. The molecule has 0 atom stereocenters. The Hall–Kier alpha value is -2.48. The van der Waals surface area contributed by atoms with Gasteiger partial charge < -0.3 is 14.5 Å². The van der Waals surface area contributed by atoms with Crippen LogP contribution >= 0.6 is 0 Å². The van der Waals surface area contributed by atoms with Crippen LogP contribution in [0.2, 0.25) is 0 Å². The highest BCUT2D eigenvalue weighted by atomic mass is 19.1. The van der Waals surface area contributed by atoms with E-state index in [-0.39, 0.29) is 11.6 Å². The van der Waals surface area contributed by atoms with Gasteiger partial charge in [0.1, 0.15) is 11.6 Å². The molecule has 2 amide bonds. The Labute approximate surface area is 162 Å². The number of carbonyl (C=O) groups is 1. The van der Waals surface area contributed by atoms with Crippen LogP contribution in [0.4, 0.5) is 9.18 Å². The van der Waals surface area contributed by atoms with Crippen molar-refractivity contribution in [2.24, 2.45) is 5.92 Å². The van der Waals surface area contributed by atoms with Crippen LogP contribution in [-0.4, -0.2) is 64.8 Å². The van der Waals surface area contributed by atoms with Crippen LogP contribution in [0.5, 0.6) is 0 Å². The van der Waals surface area contributed by atoms with Crippen LogP contribution in [0.1, 0.15) is 18.7 Å². The first-order chi connectivity index (χ1) is 13.5. The van der Waals surface area contributed by atoms with Gasteiger partial charge in [-0.3, -0.25) is 9.36 Å². The molecule has 0 unspecified atom stereocenters. The minimum atomic E-state index is -0.395. The van der Waals surface area contributed by atoms with Gasteiger partial charge in [-0.1, -0.05) is 0 Å². The van der Waals surface area contributed by atoms with E-state index in [0.29, 0.717) is 68.6 Å². The van der Waals surface area contributed by atoms with Gasteiger partial charge in [-0.15, -0.1) is 0 Å². The molecule has 3 heterocycles. The number of carbonyl (C=O) groups excluding carboxylic acids is 1. The molecule has 0 N–H and O–H groups in total. The molecule has 0 aliphatic carbocycles. The zero-order valence-corrected chi connectivity index (χ0v) is 16.1. The summed E-state index contributed by atoms with van der Waals surface area (Å²) in [5.41, 5.74) is 0.263. The van der Waals surface area contributed by atoms with Crippen molar-refractivity contribution in [3.63, 3.8) is 0 Å². The summed E-state index contributed by atoms with van der Waals surface area (Å²) in [5, 5.41) is 0.437. The second-order valence-corrected chi connectivity index (χ2v) is 7.55. The zero-order valence-electron chi connectivity index (χ0n) is 16.1. The first-order valence-corrected chi connectivity index (χ1v) is 9.81. The van der Waals surface area contributed by atoms with E-state index in [1.54, 1.807) is 11.5 Å². The summed E-state index contributed by atoms with van der Waals surface area (Å²) in [5.74, 6) is 0.508. The monoisotopic (exact) mass is 388 g/mol. The molecule has 2 fully saturated rings. The van der Waals surface area contributed by atoms with Crippen molar-refractivity contribution in [1.82, 2.24) is 19.4 Å². The standard InChI is InChI=1S/C20H25FN4O3/c1-14-22-18-12-16(21)2-3-17(18)19(26)25(14)13-15-4-6-23(7-5-15)20(27)24-8-10-28-11-9-24/h2-3,12,15H,4-11,13H2,1H3. The summed E-state index contributed by atoms with van der Waals surface area (Å²) in [7, 11) is 0. The molecule has 1 aromatic heterocycles. The average Bonchev–Trinajstić information content (AvgIpc) is 2.71. The number of benzene rings is 1. The van der Waals surface area contributed by atoms with Gasteiger partial charge in [0.05, 0.1) is 24.1 Å². The van der Waals surface area contributed by atoms with Crippen molar-refractivity contribution in [2.45, 2.75) is 26.3 Å². The number of aromatic nitrogens is 2. The molecule has 4 rings (SSSR count). The van der Waals surface area contributed by atoms with Gasteiger partial charge in [0.15, 0.2) is 0 Å². The number of hydrogen-bond acceptors (Lipinski definition) is 4. The third kappa shape index (κ3) is 3.73. The molecule has 0 spiro atoms. The number of morpholine rings is 1. The molecule has 2 aliphatic heterocycles. The number of urea groups is 1. The average molecular weight is 388 g/mol. The number of halogens is 1. The van der Waals surface area contributed by atoms with E-state index in [9.17, 15) is 14.0 Å². The fourth-order valence-electron chi connectivity index (χ4n) is 4.04. The molecule has 0 bridgehead atoms. The molecule has 0 saturated carbocycles. The number of aryl methyl sites for hydroxylation is 1. The number of nitrogens with zero attached hydrogens (tertiary/aromatic N) is 4. The van der Waals surface area contributed by atoms with E-state index in [0.717, 1.165) is 12.8 Å². The highest BCUT2D eigenvalue weighted by Gasteiger charge is 2.28. The number of fused-ring (bicyclic) bond motifs is 1. The van der Waals surface area contributed by atoms with Crippen molar-refractivity contribution in [3.05, 3.63) is 40.2 Å². The molecule has 150 valence electrons. The predicted octanol–water partition coefficient (Wildman–Crippen LogP) is 2.01. The van der Waals surface area contributed by atoms with Crippen LogP contribution < -0.4 is 5.56 Å². The number of likely N-dealkylation sites (tertiary alicyclic amines) is 1. The fraction of sp³-hybridized carbons (Fsp3) is 0.550. The lowest BCUT2D eigenvalue weighted by Gasteiger charge is -2.37. The highest BCUT2D eigenvalue weighted by Crippen LogP contribution is 2.21. The van der Waals surface area contributed by atoms with E-state index < -0.39 is 5.82 Å². The van der Waals surface area contributed by atoms with Crippen LogP contribution in [0.3, 0.4) is 0 Å². The van der Waals surface area contributed by atoms with Gasteiger partial charge in [-0.25, -0.2) is 14.2 Å². The largest absolute Gasteiger partial charge is 0.378 e. The van der Waals surface area contributed by atoms with Gasteiger partial charge in [0.2, 0.25) is 0 Å². The molecular formula is C20H25FN4O3. The molecule has 7 nitrogen and oxygen atoms in total. The topological polar surface area (TPSA) is 67.7 Å². The second-order valence-electron chi connectivity index (χ2n) is 7.55. The van der Waals surface area contributed by atoms with Crippen molar-refractivity contribution in [1.29, 1.82) is 0 Å². The minimum absolute atomic E-state index is 0.0875. The Morgan fingerprint density at radius 1 is 1.18 bits per heavy atom. The smallest absolute Gasteiger partial charge is 0.320 e. The van der Waals surface area contributed by atoms with E-state index in [1.807, 2.05) is 9.80 Å². The first-order valence-electron chi connectivity index (χ1n) is 9.81. The number of hydrogen-bond donors (Lipinski definition) is 0. The zero-order chi connectivity index (χ0) is 19.7. The van der Waals surface area contributed by atoms with Crippen molar-refractivity contribution in [3.8, 4) is 0 Å². The van der Waals surface area contributed by atoms with E-state index in [1.165, 1.54) is 18.2 Å². The Kier molecular flexibility index (Phi) is 5.30. The molecule has 2 aliphatic rings. The van der Waals surface area contributed by atoms with Crippen LogP contribution in [0, 0.1) is 18.7 Å². The lowest BCUT2D eigenvalue weighted by Crippen LogP contribution is -2.50.